The number of hydrogen-bond acceptors (Lipinski definition) is 2. The number of allylic oxidation sites excluding steroid dienone is 1. The van der Waals surface area contributed by atoms with Crippen molar-refractivity contribution in [3.63, 3.8) is 0 Å². The Balaban J connectivity index is 2.03. The van der Waals surface area contributed by atoms with Gasteiger partial charge in [0.2, 0.25) is 0 Å². The first kappa shape index (κ1) is 11.6. The Kier molecular flexibility index (Phi) is 2.25. The van der Waals surface area contributed by atoms with Crippen LogP contribution in [0.15, 0.2) is 42.5 Å². The number of rotatable bonds is 0. The molecule has 2 nitrogen and oxygen atoms in total. The number of para-hydroxylation sites is 2. The van der Waals surface area contributed by atoms with E-state index in [1.54, 1.807) is 0 Å². The molecule has 0 saturated carbocycles. The van der Waals surface area contributed by atoms with Crippen LogP contribution in [0, 0.1) is 6.92 Å². The zero-order valence-electron chi connectivity index (χ0n) is 12.1. The molecule has 2 aliphatic heterocycles. The van der Waals surface area contributed by atoms with Gasteiger partial charge in [-0.3, -0.25) is 0 Å². The van der Waals surface area contributed by atoms with Crippen LogP contribution in [0.2, 0.25) is 0 Å². The van der Waals surface area contributed by atoms with Gasteiger partial charge in [0.15, 0.2) is 0 Å². The third kappa shape index (κ3) is 1.34. The van der Waals surface area contributed by atoms with E-state index in [9.17, 15) is 0 Å². The van der Waals surface area contributed by atoms with Crippen molar-refractivity contribution in [1.29, 1.82) is 0 Å². The van der Waals surface area contributed by atoms with E-state index in [1.165, 1.54) is 39.2 Å². The zero-order valence-corrected chi connectivity index (χ0v) is 12.1. The first-order valence-corrected chi connectivity index (χ1v) is 7.08. The second kappa shape index (κ2) is 3.89. The number of nitrogens with zero attached hydrogens (tertiary/aromatic N) is 1. The average Bonchev–Trinajstić information content (AvgIpc) is 2.84. The Bertz CT molecular complexity index is 743. The molecule has 1 atom stereocenters. The molecule has 2 aliphatic rings. The molecule has 4 rings (SSSR count). The molecule has 0 aromatic heterocycles. The maximum absolute atomic E-state index is 3.65. The number of fused-ring (bicyclic) bond motifs is 4. The first-order chi connectivity index (χ1) is 9.68. The number of hydrogen-bond donors (Lipinski definition) is 1. The lowest BCUT2D eigenvalue weighted by Gasteiger charge is -2.36. The Hall–Kier alpha value is -2.22. The molecular formula is C18H18N2. The molecule has 100 valence electrons. The van der Waals surface area contributed by atoms with Gasteiger partial charge >= 0.3 is 0 Å². The molecule has 2 aromatic carbocycles. The highest BCUT2D eigenvalue weighted by molar-refractivity contribution is 6.06. The van der Waals surface area contributed by atoms with Crippen LogP contribution in [0.5, 0.6) is 0 Å². The summed E-state index contributed by atoms with van der Waals surface area (Å²) >= 11 is 0. The summed E-state index contributed by atoms with van der Waals surface area (Å²) < 4.78 is 0. The monoisotopic (exact) mass is 262 g/mol. The van der Waals surface area contributed by atoms with Crippen LogP contribution in [0.25, 0.3) is 11.1 Å². The van der Waals surface area contributed by atoms with Crippen LogP contribution in [-0.2, 0) is 0 Å². The van der Waals surface area contributed by atoms with Crippen molar-refractivity contribution in [2.45, 2.75) is 20.0 Å². The molecular weight excluding hydrogens is 244 g/mol. The summed E-state index contributed by atoms with van der Waals surface area (Å²) in [5, 5.41) is 3.65. The maximum atomic E-state index is 3.65. The fourth-order valence-corrected chi connectivity index (χ4v) is 3.61. The van der Waals surface area contributed by atoms with E-state index in [0.717, 1.165) is 0 Å². The van der Waals surface area contributed by atoms with Gasteiger partial charge in [0.1, 0.15) is 6.17 Å². The van der Waals surface area contributed by atoms with E-state index < -0.39 is 0 Å². The predicted molar refractivity (Wildman–Crippen MR) is 85.9 cm³/mol. The highest BCUT2D eigenvalue weighted by Gasteiger charge is 2.36. The van der Waals surface area contributed by atoms with Gasteiger partial charge in [-0.15, -0.1) is 0 Å². The fourth-order valence-electron chi connectivity index (χ4n) is 3.61. The van der Waals surface area contributed by atoms with Crippen LogP contribution in [-0.4, -0.2) is 13.2 Å². The van der Waals surface area contributed by atoms with E-state index in [2.05, 4.69) is 73.6 Å². The van der Waals surface area contributed by atoms with Gasteiger partial charge in [-0.1, -0.05) is 36.4 Å². The van der Waals surface area contributed by atoms with Crippen LogP contribution < -0.4 is 10.2 Å². The minimum Gasteiger partial charge on any atom is -0.361 e. The third-order valence-corrected chi connectivity index (χ3v) is 4.57. The second-order valence-electron chi connectivity index (χ2n) is 5.71. The molecule has 0 saturated heterocycles. The number of nitrogens with one attached hydrogen (secondary N) is 1. The van der Waals surface area contributed by atoms with Crippen molar-refractivity contribution >= 4 is 22.5 Å². The van der Waals surface area contributed by atoms with Crippen molar-refractivity contribution in [3.8, 4) is 0 Å². The summed E-state index contributed by atoms with van der Waals surface area (Å²) in [6.45, 7) is 4.44. The summed E-state index contributed by atoms with van der Waals surface area (Å²) in [4.78, 5) is 2.37. The normalized spacial score (nSPS) is 19.4. The Morgan fingerprint density at radius 3 is 2.55 bits per heavy atom. The number of benzene rings is 2. The zero-order chi connectivity index (χ0) is 13.9. The quantitative estimate of drug-likeness (QED) is 0.768. The summed E-state index contributed by atoms with van der Waals surface area (Å²) in [5.41, 5.74) is 9.43. The highest BCUT2D eigenvalue weighted by atomic mass is 15.3. The molecule has 2 aromatic rings. The second-order valence-corrected chi connectivity index (χ2v) is 5.71. The van der Waals surface area contributed by atoms with E-state index in [-0.39, 0.29) is 6.17 Å². The predicted octanol–water partition coefficient (Wildman–Crippen LogP) is 4.13. The van der Waals surface area contributed by atoms with Crippen LogP contribution in [0.1, 0.15) is 23.6 Å². The topological polar surface area (TPSA) is 15.3 Å². The van der Waals surface area contributed by atoms with Crippen LogP contribution in [0.3, 0.4) is 0 Å². The molecule has 0 amide bonds. The van der Waals surface area contributed by atoms with Crippen LogP contribution in [0.4, 0.5) is 11.4 Å². The van der Waals surface area contributed by atoms with Gasteiger partial charge in [0, 0.05) is 35.1 Å². The minimum absolute atomic E-state index is 0.251. The number of anilines is 2. The summed E-state index contributed by atoms with van der Waals surface area (Å²) in [6.07, 6.45) is 0.251. The van der Waals surface area contributed by atoms with E-state index >= 15 is 0 Å². The van der Waals surface area contributed by atoms with Gasteiger partial charge in [-0.2, -0.15) is 0 Å². The lowest BCUT2D eigenvalue weighted by Crippen LogP contribution is -2.39. The molecule has 1 N–H and O–H groups in total. The maximum Gasteiger partial charge on any atom is 0.126 e. The minimum atomic E-state index is 0.251. The lowest BCUT2D eigenvalue weighted by molar-refractivity contribution is 0.857. The van der Waals surface area contributed by atoms with E-state index in [1.807, 2.05) is 0 Å². The van der Waals surface area contributed by atoms with Gasteiger partial charge in [-0.25, -0.2) is 0 Å². The molecule has 0 spiro atoms. The number of likely N-dealkylation sites (N-methyl/N-ethyl adjacent to an activating group) is 1. The Morgan fingerprint density at radius 2 is 1.70 bits per heavy atom. The summed E-state index contributed by atoms with van der Waals surface area (Å²) in [6, 6.07) is 15.2. The van der Waals surface area contributed by atoms with Crippen LogP contribution >= 0.6 is 0 Å². The van der Waals surface area contributed by atoms with Crippen molar-refractivity contribution < 1.29 is 0 Å². The molecule has 0 aliphatic carbocycles. The number of aryl methyl sites for hydroxylation is 1. The van der Waals surface area contributed by atoms with Crippen molar-refractivity contribution in [2.75, 3.05) is 17.3 Å². The molecule has 2 heteroatoms. The van der Waals surface area contributed by atoms with E-state index in [4.69, 9.17) is 0 Å². The summed E-state index contributed by atoms with van der Waals surface area (Å²) in [7, 11) is 2.18. The Labute approximate surface area is 119 Å². The van der Waals surface area contributed by atoms with E-state index in [0.29, 0.717) is 0 Å². The van der Waals surface area contributed by atoms with Crippen molar-refractivity contribution in [1.82, 2.24) is 0 Å². The molecule has 2 heterocycles. The third-order valence-electron chi connectivity index (χ3n) is 4.57. The van der Waals surface area contributed by atoms with Gasteiger partial charge in [0.05, 0.1) is 0 Å². The van der Waals surface area contributed by atoms with Gasteiger partial charge in [0.25, 0.3) is 0 Å². The van der Waals surface area contributed by atoms with Crippen molar-refractivity contribution in [2.24, 2.45) is 0 Å². The molecule has 0 fully saturated rings. The lowest BCUT2D eigenvalue weighted by atomic mass is 9.89. The van der Waals surface area contributed by atoms with Crippen molar-refractivity contribution in [3.05, 3.63) is 59.2 Å². The standard InChI is InChI=1S/C18H18N2/c1-11-7-6-9-13-12(2)16-14-8-4-5-10-15(14)19-18(16)20(3)17(11)13/h4-10,18-19H,1-3H3. The highest BCUT2D eigenvalue weighted by Crippen LogP contribution is 2.47. The fraction of sp³-hybridized carbons (Fsp3) is 0.222. The summed E-state index contributed by atoms with van der Waals surface area (Å²) in [5.74, 6) is 0. The molecule has 1 unspecified atom stereocenters. The average molecular weight is 262 g/mol. The Morgan fingerprint density at radius 1 is 0.950 bits per heavy atom. The first-order valence-electron chi connectivity index (χ1n) is 7.08. The smallest absolute Gasteiger partial charge is 0.126 e. The van der Waals surface area contributed by atoms with Gasteiger partial charge < -0.3 is 10.2 Å². The largest absolute Gasteiger partial charge is 0.361 e. The molecule has 20 heavy (non-hydrogen) atoms. The SMILES string of the molecule is CC1=C2c3ccccc3NC2N(C)c2c(C)cccc21. The van der Waals surface area contributed by atoms with Gasteiger partial charge in [-0.05, 0) is 31.1 Å². The molecule has 0 radical (unpaired) electrons. The molecule has 0 bridgehead atoms.